The van der Waals surface area contributed by atoms with Crippen molar-refractivity contribution in [3.8, 4) is 5.69 Å². The summed E-state index contributed by atoms with van der Waals surface area (Å²) in [6.45, 7) is 2.17. The van der Waals surface area contributed by atoms with Crippen molar-refractivity contribution >= 4 is 6.08 Å². The number of fused-ring (bicyclic) bond motifs is 1. The first-order valence-electron chi connectivity index (χ1n) is 5.13. The van der Waals surface area contributed by atoms with E-state index in [-0.39, 0.29) is 0 Å². The maximum atomic E-state index is 4.23. The first kappa shape index (κ1) is 8.48. The van der Waals surface area contributed by atoms with Gasteiger partial charge in [0.25, 0.3) is 0 Å². The minimum Gasteiger partial charge on any atom is -0.241 e. The van der Waals surface area contributed by atoms with Gasteiger partial charge in [-0.2, -0.15) is 5.10 Å². The summed E-state index contributed by atoms with van der Waals surface area (Å²) >= 11 is 0. The SMILES string of the molecule is CC1=Cc2ccc(-n3cccn3)cc2C1. The Hall–Kier alpha value is -1.83. The third kappa shape index (κ3) is 1.38. The zero-order chi connectivity index (χ0) is 10.3. The summed E-state index contributed by atoms with van der Waals surface area (Å²) in [5, 5.41) is 4.23. The monoisotopic (exact) mass is 196 g/mol. The summed E-state index contributed by atoms with van der Waals surface area (Å²) in [6.07, 6.45) is 7.10. The highest BCUT2D eigenvalue weighted by atomic mass is 15.3. The Balaban J connectivity index is 2.07. The Bertz CT molecular complexity index is 521. The fraction of sp³-hybridized carbons (Fsp3) is 0.154. The second-order valence-corrected chi connectivity index (χ2v) is 4.00. The summed E-state index contributed by atoms with van der Waals surface area (Å²) in [5.41, 5.74) is 5.33. The first-order chi connectivity index (χ1) is 7.33. The molecule has 0 aliphatic heterocycles. The van der Waals surface area contributed by atoms with Crippen molar-refractivity contribution in [2.24, 2.45) is 0 Å². The molecule has 0 saturated carbocycles. The number of benzene rings is 1. The van der Waals surface area contributed by atoms with Gasteiger partial charge in [-0.25, -0.2) is 4.68 Å². The van der Waals surface area contributed by atoms with Gasteiger partial charge in [-0.1, -0.05) is 17.7 Å². The molecule has 1 aliphatic carbocycles. The molecule has 0 unspecified atom stereocenters. The smallest absolute Gasteiger partial charge is 0.0648 e. The average Bonchev–Trinajstić information content (AvgIpc) is 2.82. The molecule has 1 heterocycles. The van der Waals surface area contributed by atoms with Crippen molar-refractivity contribution in [3.63, 3.8) is 0 Å². The maximum Gasteiger partial charge on any atom is 0.0648 e. The summed E-state index contributed by atoms with van der Waals surface area (Å²) in [5.74, 6) is 0. The zero-order valence-corrected chi connectivity index (χ0v) is 8.64. The molecule has 3 rings (SSSR count). The van der Waals surface area contributed by atoms with E-state index in [0.29, 0.717) is 0 Å². The standard InChI is InChI=1S/C13H12N2/c1-10-7-11-3-4-13(9-12(11)8-10)15-6-2-5-14-15/h2-7,9H,8H2,1H3. The lowest BCUT2D eigenvalue weighted by atomic mass is 10.1. The molecular weight excluding hydrogens is 184 g/mol. The van der Waals surface area contributed by atoms with Crippen LogP contribution in [0.4, 0.5) is 0 Å². The Morgan fingerprint density at radius 2 is 2.27 bits per heavy atom. The molecule has 2 nitrogen and oxygen atoms in total. The van der Waals surface area contributed by atoms with E-state index >= 15 is 0 Å². The zero-order valence-electron chi connectivity index (χ0n) is 8.64. The minimum atomic E-state index is 1.07. The van der Waals surface area contributed by atoms with Crippen LogP contribution >= 0.6 is 0 Å². The average molecular weight is 196 g/mol. The summed E-state index contributed by atoms with van der Waals surface area (Å²) in [6, 6.07) is 8.44. The van der Waals surface area contributed by atoms with Crippen LogP contribution in [0.3, 0.4) is 0 Å². The molecule has 0 spiro atoms. The highest BCUT2D eigenvalue weighted by molar-refractivity contribution is 5.65. The lowest BCUT2D eigenvalue weighted by molar-refractivity contribution is 0.878. The van der Waals surface area contributed by atoms with Crippen LogP contribution in [0.25, 0.3) is 11.8 Å². The van der Waals surface area contributed by atoms with Crippen LogP contribution in [0, 0.1) is 0 Å². The van der Waals surface area contributed by atoms with Gasteiger partial charge in [0.2, 0.25) is 0 Å². The highest BCUT2D eigenvalue weighted by Crippen LogP contribution is 2.26. The Morgan fingerprint density at radius 1 is 1.33 bits per heavy atom. The summed E-state index contributed by atoms with van der Waals surface area (Å²) in [7, 11) is 0. The molecule has 1 aromatic heterocycles. The van der Waals surface area contributed by atoms with E-state index in [1.54, 1.807) is 6.20 Å². The van der Waals surface area contributed by atoms with Gasteiger partial charge in [0.1, 0.15) is 0 Å². The van der Waals surface area contributed by atoms with Gasteiger partial charge in [0, 0.05) is 12.4 Å². The van der Waals surface area contributed by atoms with Crippen LogP contribution in [-0.2, 0) is 6.42 Å². The topological polar surface area (TPSA) is 17.8 Å². The molecule has 15 heavy (non-hydrogen) atoms. The molecule has 1 aliphatic rings. The van der Waals surface area contributed by atoms with Crippen LogP contribution in [0.15, 0.2) is 42.2 Å². The maximum absolute atomic E-state index is 4.23. The Morgan fingerprint density at radius 3 is 3.07 bits per heavy atom. The van der Waals surface area contributed by atoms with Gasteiger partial charge in [-0.3, -0.25) is 0 Å². The van der Waals surface area contributed by atoms with Crippen LogP contribution in [-0.4, -0.2) is 9.78 Å². The van der Waals surface area contributed by atoms with E-state index in [9.17, 15) is 0 Å². The predicted octanol–water partition coefficient (Wildman–Crippen LogP) is 2.83. The Labute approximate surface area is 88.9 Å². The van der Waals surface area contributed by atoms with E-state index in [1.807, 2.05) is 16.9 Å². The molecule has 2 aromatic rings. The van der Waals surface area contributed by atoms with E-state index in [2.05, 4.69) is 36.3 Å². The van der Waals surface area contributed by atoms with Gasteiger partial charge in [0.05, 0.1) is 5.69 Å². The molecule has 2 heteroatoms. The molecule has 0 bridgehead atoms. The molecule has 1 aromatic carbocycles. The van der Waals surface area contributed by atoms with Crippen molar-refractivity contribution in [2.75, 3.05) is 0 Å². The molecule has 74 valence electrons. The van der Waals surface area contributed by atoms with Crippen molar-refractivity contribution in [3.05, 3.63) is 53.4 Å². The quantitative estimate of drug-likeness (QED) is 0.685. The molecule has 0 fully saturated rings. The molecule has 0 atom stereocenters. The molecule has 0 amide bonds. The van der Waals surface area contributed by atoms with Gasteiger partial charge in [0.15, 0.2) is 0 Å². The summed E-state index contributed by atoms with van der Waals surface area (Å²) < 4.78 is 1.90. The normalized spacial score (nSPS) is 13.8. The fourth-order valence-corrected chi connectivity index (χ4v) is 2.07. The van der Waals surface area contributed by atoms with E-state index in [0.717, 1.165) is 12.1 Å². The number of hydrogen-bond donors (Lipinski definition) is 0. The molecule has 0 saturated heterocycles. The molecule has 0 radical (unpaired) electrons. The van der Waals surface area contributed by atoms with Crippen molar-refractivity contribution < 1.29 is 0 Å². The number of rotatable bonds is 1. The van der Waals surface area contributed by atoms with E-state index in [4.69, 9.17) is 0 Å². The largest absolute Gasteiger partial charge is 0.241 e. The summed E-state index contributed by atoms with van der Waals surface area (Å²) in [4.78, 5) is 0. The van der Waals surface area contributed by atoms with Crippen LogP contribution in [0.1, 0.15) is 18.1 Å². The second kappa shape index (κ2) is 3.09. The van der Waals surface area contributed by atoms with Gasteiger partial charge in [-0.15, -0.1) is 0 Å². The van der Waals surface area contributed by atoms with Crippen LogP contribution < -0.4 is 0 Å². The molecular formula is C13H12N2. The van der Waals surface area contributed by atoms with Gasteiger partial charge in [-0.05, 0) is 42.7 Å². The van der Waals surface area contributed by atoms with E-state index < -0.39 is 0 Å². The third-order valence-electron chi connectivity index (χ3n) is 2.77. The number of nitrogens with zero attached hydrogens (tertiary/aromatic N) is 2. The lowest BCUT2D eigenvalue weighted by Crippen LogP contribution is -1.95. The Kier molecular flexibility index (Phi) is 1.75. The van der Waals surface area contributed by atoms with Crippen molar-refractivity contribution in [1.29, 1.82) is 0 Å². The van der Waals surface area contributed by atoms with Crippen molar-refractivity contribution in [2.45, 2.75) is 13.3 Å². The lowest BCUT2D eigenvalue weighted by Gasteiger charge is -2.04. The number of aromatic nitrogens is 2. The fourth-order valence-electron chi connectivity index (χ4n) is 2.07. The predicted molar refractivity (Wildman–Crippen MR) is 60.9 cm³/mol. The van der Waals surface area contributed by atoms with Gasteiger partial charge < -0.3 is 0 Å². The second-order valence-electron chi connectivity index (χ2n) is 4.00. The van der Waals surface area contributed by atoms with Crippen LogP contribution in [0.2, 0.25) is 0 Å². The van der Waals surface area contributed by atoms with Gasteiger partial charge >= 0.3 is 0 Å². The number of hydrogen-bond acceptors (Lipinski definition) is 1. The first-order valence-corrected chi connectivity index (χ1v) is 5.13. The highest BCUT2D eigenvalue weighted by Gasteiger charge is 2.10. The third-order valence-corrected chi connectivity index (χ3v) is 2.77. The van der Waals surface area contributed by atoms with E-state index in [1.165, 1.54) is 16.7 Å². The minimum absolute atomic E-state index is 1.07. The number of allylic oxidation sites excluding steroid dienone is 1. The molecule has 0 N–H and O–H groups in total. The van der Waals surface area contributed by atoms with Crippen molar-refractivity contribution in [1.82, 2.24) is 9.78 Å². The van der Waals surface area contributed by atoms with Crippen LogP contribution in [0.5, 0.6) is 0 Å².